The third-order valence-corrected chi connectivity index (χ3v) is 3.46. The van der Waals surface area contributed by atoms with E-state index >= 15 is 0 Å². The molecule has 12 heteroatoms. The van der Waals surface area contributed by atoms with Crippen molar-refractivity contribution >= 4 is 29.7 Å². The normalized spacial score (nSPS) is 12.5. The molecule has 0 rings (SSSR count). The zero-order chi connectivity index (χ0) is 20.8. The number of hydrogen-bond donors (Lipinski definition) is 7. The van der Waals surface area contributed by atoms with Gasteiger partial charge in [-0.05, 0) is 25.8 Å². The summed E-state index contributed by atoms with van der Waals surface area (Å²) in [5.74, 6) is -4.55. The minimum Gasteiger partial charge on any atom is -0.481 e. The van der Waals surface area contributed by atoms with Gasteiger partial charge in [-0.15, -0.1) is 0 Å². The molecule has 0 bridgehead atoms. The maximum absolute atomic E-state index is 11.7. The summed E-state index contributed by atoms with van der Waals surface area (Å²) in [5.41, 5.74) is 11.0. The predicted octanol–water partition coefficient (Wildman–Crippen LogP) is -2.89. The number of unbranched alkanes of at least 4 members (excludes halogenated alkanes) is 1. The van der Waals surface area contributed by atoms with Gasteiger partial charge in [-0.3, -0.25) is 19.2 Å². The molecule has 0 aliphatic carbocycles. The van der Waals surface area contributed by atoms with Gasteiger partial charge in [-0.25, -0.2) is 4.79 Å². The molecule has 0 saturated carbocycles. The van der Waals surface area contributed by atoms with E-state index in [1.807, 2.05) is 0 Å². The molecular weight excluding hydrogens is 362 g/mol. The van der Waals surface area contributed by atoms with Crippen LogP contribution in [-0.2, 0) is 24.0 Å². The van der Waals surface area contributed by atoms with Crippen LogP contribution >= 0.6 is 0 Å². The number of carboxylic acid groups (broad SMARTS) is 2. The molecule has 154 valence electrons. The van der Waals surface area contributed by atoms with Crippen LogP contribution < -0.4 is 27.4 Å². The van der Waals surface area contributed by atoms with Crippen molar-refractivity contribution in [3.05, 3.63) is 0 Å². The van der Waals surface area contributed by atoms with E-state index in [9.17, 15) is 24.0 Å². The maximum Gasteiger partial charge on any atom is 0.326 e. The number of carbonyl (C=O) groups is 5. The molecule has 2 atom stereocenters. The van der Waals surface area contributed by atoms with Gasteiger partial charge in [-0.1, -0.05) is 6.42 Å². The van der Waals surface area contributed by atoms with Gasteiger partial charge in [0.2, 0.25) is 17.7 Å². The average Bonchev–Trinajstić information content (AvgIpc) is 2.60. The topological polar surface area (TPSA) is 214 Å². The zero-order valence-electron chi connectivity index (χ0n) is 14.9. The van der Waals surface area contributed by atoms with Crippen molar-refractivity contribution in [2.45, 2.75) is 44.2 Å². The van der Waals surface area contributed by atoms with E-state index in [0.29, 0.717) is 19.4 Å². The minimum atomic E-state index is -1.38. The zero-order valence-corrected chi connectivity index (χ0v) is 14.9. The van der Waals surface area contributed by atoms with Crippen molar-refractivity contribution in [2.75, 3.05) is 19.6 Å². The number of nitrogens with one attached hydrogen (secondary N) is 3. The lowest BCUT2D eigenvalue weighted by atomic mass is 10.1. The van der Waals surface area contributed by atoms with Crippen LogP contribution in [-0.4, -0.2) is 71.6 Å². The van der Waals surface area contributed by atoms with E-state index in [1.54, 1.807) is 0 Å². The molecule has 0 aromatic heterocycles. The number of amides is 3. The molecule has 12 nitrogen and oxygen atoms in total. The number of carboxylic acids is 2. The summed E-state index contributed by atoms with van der Waals surface area (Å²) in [7, 11) is 0. The van der Waals surface area contributed by atoms with Gasteiger partial charge in [0.05, 0.1) is 19.1 Å². The third kappa shape index (κ3) is 12.3. The smallest absolute Gasteiger partial charge is 0.326 e. The van der Waals surface area contributed by atoms with Gasteiger partial charge in [0, 0.05) is 6.42 Å². The van der Waals surface area contributed by atoms with Crippen LogP contribution in [0.1, 0.15) is 32.1 Å². The van der Waals surface area contributed by atoms with Crippen LogP contribution in [0, 0.1) is 0 Å². The maximum atomic E-state index is 11.7. The quantitative estimate of drug-likeness (QED) is 0.152. The summed E-state index contributed by atoms with van der Waals surface area (Å²) >= 11 is 0. The number of carbonyl (C=O) groups excluding carboxylic acids is 3. The van der Waals surface area contributed by atoms with Crippen molar-refractivity contribution in [1.82, 2.24) is 16.0 Å². The summed E-state index contributed by atoms with van der Waals surface area (Å²) in [6.45, 7) is -0.413. The highest BCUT2D eigenvalue weighted by atomic mass is 16.4. The fourth-order valence-corrected chi connectivity index (χ4v) is 1.95. The van der Waals surface area contributed by atoms with Crippen LogP contribution in [0.2, 0.25) is 0 Å². The van der Waals surface area contributed by atoms with Crippen molar-refractivity contribution in [3.8, 4) is 0 Å². The van der Waals surface area contributed by atoms with E-state index in [0.717, 1.165) is 6.42 Å². The molecule has 0 spiro atoms. The predicted molar refractivity (Wildman–Crippen MR) is 93.3 cm³/mol. The van der Waals surface area contributed by atoms with Gasteiger partial charge >= 0.3 is 11.9 Å². The Morgan fingerprint density at radius 2 is 1.52 bits per heavy atom. The molecule has 0 aromatic carbocycles. The Kier molecular flexibility index (Phi) is 12.1. The molecule has 0 radical (unpaired) electrons. The first-order chi connectivity index (χ1) is 12.7. The van der Waals surface area contributed by atoms with Crippen molar-refractivity contribution < 1.29 is 34.2 Å². The lowest BCUT2D eigenvalue weighted by Crippen LogP contribution is -2.48. The molecule has 27 heavy (non-hydrogen) atoms. The Morgan fingerprint density at radius 3 is 2.07 bits per heavy atom. The molecule has 0 heterocycles. The van der Waals surface area contributed by atoms with Gasteiger partial charge in [0.25, 0.3) is 0 Å². The van der Waals surface area contributed by atoms with Gasteiger partial charge < -0.3 is 37.6 Å². The van der Waals surface area contributed by atoms with Gasteiger partial charge in [-0.2, -0.15) is 0 Å². The first-order valence-corrected chi connectivity index (χ1v) is 8.41. The summed E-state index contributed by atoms with van der Waals surface area (Å²) < 4.78 is 0. The molecule has 0 saturated heterocycles. The SMILES string of the molecule is NCCCCC(N)C(=O)NCC(=O)NCC(=O)NC(CCC(=O)O)C(=O)O. The monoisotopic (exact) mass is 389 g/mol. The van der Waals surface area contributed by atoms with Crippen LogP contribution in [0.3, 0.4) is 0 Å². The Morgan fingerprint density at radius 1 is 0.889 bits per heavy atom. The summed E-state index contributed by atoms with van der Waals surface area (Å²) in [6.07, 6.45) is 1.13. The van der Waals surface area contributed by atoms with E-state index in [2.05, 4.69) is 16.0 Å². The molecular formula is C15H27N5O7. The summed E-state index contributed by atoms with van der Waals surface area (Å²) in [5, 5.41) is 24.1. The second-order valence-electron chi connectivity index (χ2n) is 5.78. The fraction of sp³-hybridized carbons (Fsp3) is 0.667. The van der Waals surface area contributed by atoms with E-state index < -0.39 is 61.3 Å². The van der Waals surface area contributed by atoms with E-state index in [4.69, 9.17) is 21.7 Å². The Labute approximate surface area is 156 Å². The van der Waals surface area contributed by atoms with Crippen LogP contribution in [0.25, 0.3) is 0 Å². The minimum absolute atomic E-state index is 0.289. The van der Waals surface area contributed by atoms with Crippen molar-refractivity contribution in [3.63, 3.8) is 0 Å². The first-order valence-electron chi connectivity index (χ1n) is 8.41. The largest absolute Gasteiger partial charge is 0.481 e. The van der Waals surface area contributed by atoms with E-state index in [-0.39, 0.29) is 6.42 Å². The van der Waals surface area contributed by atoms with Crippen molar-refractivity contribution in [2.24, 2.45) is 11.5 Å². The van der Waals surface area contributed by atoms with E-state index in [1.165, 1.54) is 0 Å². The summed E-state index contributed by atoms with van der Waals surface area (Å²) in [4.78, 5) is 56.4. The Balaban J connectivity index is 4.14. The number of aliphatic carboxylic acids is 2. The highest BCUT2D eigenvalue weighted by Crippen LogP contribution is 1.98. The molecule has 0 aliphatic heterocycles. The molecule has 9 N–H and O–H groups in total. The molecule has 0 aliphatic rings. The average molecular weight is 389 g/mol. The van der Waals surface area contributed by atoms with Gasteiger partial charge in [0.1, 0.15) is 6.04 Å². The molecule has 0 aromatic rings. The third-order valence-electron chi connectivity index (χ3n) is 3.46. The standard InChI is InChI=1S/C15H27N5O7/c16-6-2-1-3-9(17)14(25)19-7-11(21)18-8-12(22)20-10(15(26)27)4-5-13(23)24/h9-10H,1-8,16-17H2,(H,18,21)(H,19,25)(H,20,22)(H,23,24)(H,26,27). The second-order valence-corrected chi connectivity index (χ2v) is 5.78. The van der Waals surface area contributed by atoms with Crippen LogP contribution in [0.15, 0.2) is 0 Å². The Bertz CT molecular complexity index is 541. The van der Waals surface area contributed by atoms with Crippen LogP contribution in [0.4, 0.5) is 0 Å². The molecule has 2 unspecified atom stereocenters. The second kappa shape index (κ2) is 13.5. The highest BCUT2D eigenvalue weighted by molar-refractivity contribution is 5.90. The lowest BCUT2D eigenvalue weighted by Gasteiger charge is -2.14. The van der Waals surface area contributed by atoms with Crippen LogP contribution in [0.5, 0.6) is 0 Å². The Hall–Kier alpha value is -2.73. The highest BCUT2D eigenvalue weighted by Gasteiger charge is 2.21. The molecule has 0 fully saturated rings. The molecule has 3 amide bonds. The number of hydrogen-bond acceptors (Lipinski definition) is 7. The lowest BCUT2D eigenvalue weighted by molar-refractivity contribution is -0.143. The number of rotatable bonds is 14. The van der Waals surface area contributed by atoms with Crippen molar-refractivity contribution in [1.29, 1.82) is 0 Å². The summed E-state index contributed by atoms with van der Waals surface area (Å²) in [6, 6.07) is -2.14. The van der Waals surface area contributed by atoms with Gasteiger partial charge in [0.15, 0.2) is 0 Å². The fourth-order valence-electron chi connectivity index (χ4n) is 1.95. The first kappa shape index (κ1) is 24.3. The number of nitrogens with two attached hydrogens (primary N) is 2.